The minimum atomic E-state index is -1.04. The lowest BCUT2D eigenvalue weighted by Crippen LogP contribution is -2.62. The molecule has 1 aromatic carbocycles. The number of hydrogen-bond donors (Lipinski definition) is 7. The first-order chi connectivity index (χ1) is 23.7. The number of hydrogen-bond acceptors (Lipinski definition) is 7. The summed E-state index contributed by atoms with van der Waals surface area (Å²) in [7, 11) is 0. The number of nitrogens with two attached hydrogens (primary N) is 1. The first-order valence-corrected chi connectivity index (χ1v) is 18.3. The number of nitrogens with one attached hydrogen (secondary N) is 6. The summed E-state index contributed by atoms with van der Waals surface area (Å²) in [6.07, 6.45) is 0.640. The Bertz CT molecular complexity index is 1300. The molecule has 51 heavy (non-hydrogen) atoms. The molecule has 0 heterocycles. The lowest BCUT2D eigenvalue weighted by Gasteiger charge is -2.31. The summed E-state index contributed by atoms with van der Waals surface area (Å²) in [4.78, 5) is 80.1. The van der Waals surface area contributed by atoms with E-state index >= 15 is 0 Å². The van der Waals surface area contributed by atoms with E-state index in [-0.39, 0.29) is 41.4 Å². The zero-order valence-electron chi connectivity index (χ0n) is 32.8. The van der Waals surface area contributed by atoms with Gasteiger partial charge in [0.2, 0.25) is 35.4 Å². The third kappa shape index (κ3) is 14.6. The Kier molecular flexibility index (Phi) is 18.9. The summed E-state index contributed by atoms with van der Waals surface area (Å²) in [5, 5.41) is 16.8. The summed E-state index contributed by atoms with van der Waals surface area (Å²) in [5.41, 5.74) is 7.07. The van der Waals surface area contributed by atoms with E-state index in [2.05, 4.69) is 31.9 Å². The average molecular weight is 716 g/mol. The summed E-state index contributed by atoms with van der Waals surface area (Å²) >= 11 is 0. The standard InChI is InChI=1S/C38H65N7O6/c1-20(2)27(39)33(46)41-29(22(5)6)35(48)43-31(24(9)10)37(50)45-32(25(11)12)38(51)44-30(23(7)8)36(49)42-28(21(3)4)34(47)40-19-18-26-16-14-13-15-17-26/h13-17,20-25,27-32H,18-19,39H2,1-12H3,(H,40,47)(H,41,46)(H,42,49)(H,43,48)(H,44,51)(H,45,50)/t27-,28-,29-,30-,31-,32-/m0/s1. The van der Waals surface area contributed by atoms with Crippen molar-refractivity contribution >= 4 is 35.4 Å². The molecule has 0 aliphatic heterocycles. The van der Waals surface area contributed by atoms with Gasteiger partial charge in [0, 0.05) is 6.54 Å². The highest BCUT2D eigenvalue weighted by Crippen LogP contribution is 2.12. The topological polar surface area (TPSA) is 201 Å². The van der Waals surface area contributed by atoms with Crippen LogP contribution in [-0.4, -0.2) is 78.2 Å². The van der Waals surface area contributed by atoms with Crippen molar-refractivity contribution in [1.82, 2.24) is 31.9 Å². The molecule has 288 valence electrons. The van der Waals surface area contributed by atoms with Gasteiger partial charge in [0.25, 0.3) is 0 Å². The number of carbonyl (C=O) groups excluding carboxylic acids is 6. The number of carbonyl (C=O) groups is 6. The summed E-state index contributed by atoms with van der Waals surface area (Å²) in [6, 6.07) is 4.10. The monoisotopic (exact) mass is 715 g/mol. The fourth-order valence-corrected chi connectivity index (χ4v) is 5.28. The van der Waals surface area contributed by atoms with Crippen molar-refractivity contribution in [1.29, 1.82) is 0 Å². The Hall–Kier alpha value is -4.00. The Balaban J connectivity index is 3.05. The zero-order valence-corrected chi connectivity index (χ0v) is 32.8. The molecule has 0 aromatic heterocycles. The predicted molar refractivity (Wildman–Crippen MR) is 200 cm³/mol. The molecule has 0 radical (unpaired) electrons. The van der Waals surface area contributed by atoms with Gasteiger partial charge < -0.3 is 37.6 Å². The molecule has 13 nitrogen and oxygen atoms in total. The van der Waals surface area contributed by atoms with Gasteiger partial charge in [-0.15, -0.1) is 0 Å². The van der Waals surface area contributed by atoms with E-state index in [0.29, 0.717) is 13.0 Å². The van der Waals surface area contributed by atoms with E-state index < -0.39 is 65.8 Å². The maximum Gasteiger partial charge on any atom is 0.243 e. The van der Waals surface area contributed by atoms with Crippen molar-refractivity contribution in [2.45, 2.75) is 126 Å². The minimum Gasteiger partial charge on any atom is -0.354 e. The Labute approximate surface area is 305 Å². The van der Waals surface area contributed by atoms with Crippen molar-refractivity contribution in [2.24, 2.45) is 41.2 Å². The molecule has 0 fully saturated rings. The first kappa shape index (κ1) is 45.0. The van der Waals surface area contributed by atoms with Gasteiger partial charge in [-0.2, -0.15) is 0 Å². The smallest absolute Gasteiger partial charge is 0.243 e. The van der Waals surface area contributed by atoms with E-state index in [9.17, 15) is 28.8 Å². The van der Waals surface area contributed by atoms with Gasteiger partial charge >= 0.3 is 0 Å². The predicted octanol–water partition coefficient (Wildman–Crippen LogP) is 2.03. The Morgan fingerprint density at radius 3 is 1.04 bits per heavy atom. The van der Waals surface area contributed by atoms with Gasteiger partial charge in [-0.25, -0.2) is 0 Å². The second kappa shape index (κ2) is 21.4. The fraction of sp³-hybridized carbons (Fsp3) is 0.684. The second-order valence-corrected chi connectivity index (χ2v) is 15.4. The van der Waals surface area contributed by atoms with Crippen LogP contribution in [0.4, 0.5) is 0 Å². The van der Waals surface area contributed by atoms with Crippen LogP contribution in [0.2, 0.25) is 0 Å². The number of amides is 6. The van der Waals surface area contributed by atoms with Crippen LogP contribution < -0.4 is 37.6 Å². The highest BCUT2D eigenvalue weighted by molar-refractivity contribution is 5.97. The van der Waals surface area contributed by atoms with Gasteiger partial charge in [0.15, 0.2) is 0 Å². The Morgan fingerprint density at radius 2 is 0.745 bits per heavy atom. The molecule has 0 aliphatic carbocycles. The van der Waals surface area contributed by atoms with Crippen LogP contribution in [0.1, 0.15) is 88.6 Å². The van der Waals surface area contributed by atoms with E-state index in [1.165, 1.54) is 0 Å². The van der Waals surface area contributed by atoms with Crippen molar-refractivity contribution in [2.75, 3.05) is 6.54 Å². The third-order valence-electron chi connectivity index (χ3n) is 8.81. The van der Waals surface area contributed by atoms with Crippen LogP contribution in [0, 0.1) is 35.5 Å². The quantitative estimate of drug-likeness (QED) is 0.107. The molecule has 0 spiro atoms. The van der Waals surface area contributed by atoms with Gasteiger partial charge in [0.1, 0.15) is 30.2 Å². The van der Waals surface area contributed by atoms with Crippen LogP contribution >= 0.6 is 0 Å². The van der Waals surface area contributed by atoms with E-state index in [1.807, 2.05) is 44.2 Å². The maximum atomic E-state index is 13.7. The molecule has 0 saturated heterocycles. The number of benzene rings is 1. The third-order valence-corrected chi connectivity index (χ3v) is 8.81. The molecule has 6 atom stereocenters. The normalized spacial score (nSPS) is 15.2. The molecule has 6 amide bonds. The molecular formula is C38H65N7O6. The lowest BCUT2D eigenvalue weighted by molar-refractivity contribution is -0.137. The van der Waals surface area contributed by atoms with Crippen LogP contribution in [0.3, 0.4) is 0 Å². The first-order valence-electron chi connectivity index (χ1n) is 18.3. The van der Waals surface area contributed by atoms with Gasteiger partial charge in [-0.3, -0.25) is 28.8 Å². The maximum absolute atomic E-state index is 13.7. The van der Waals surface area contributed by atoms with Crippen molar-refractivity contribution < 1.29 is 28.8 Å². The highest BCUT2D eigenvalue weighted by atomic mass is 16.2. The number of rotatable bonds is 20. The van der Waals surface area contributed by atoms with E-state index in [1.54, 1.807) is 69.2 Å². The zero-order chi connectivity index (χ0) is 39.2. The van der Waals surface area contributed by atoms with Crippen LogP contribution in [0.5, 0.6) is 0 Å². The largest absolute Gasteiger partial charge is 0.354 e. The molecule has 8 N–H and O–H groups in total. The van der Waals surface area contributed by atoms with E-state index in [0.717, 1.165) is 5.56 Å². The van der Waals surface area contributed by atoms with Gasteiger partial charge in [0.05, 0.1) is 6.04 Å². The average Bonchev–Trinajstić information content (AvgIpc) is 3.04. The minimum absolute atomic E-state index is 0.137. The van der Waals surface area contributed by atoms with Crippen LogP contribution in [0.15, 0.2) is 30.3 Å². The van der Waals surface area contributed by atoms with Gasteiger partial charge in [-0.05, 0) is 47.5 Å². The molecule has 1 aromatic rings. The second-order valence-electron chi connectivity index (χ2n) is 15.4. The summed E-state index contributed by atoms with van der Waals surface area (Å²) in [5.74, 6) is -4.77. The fourth-order valence-electron chi connectivity index (χ4n) is 5.28. The van der Waals surface area contributed by atoms with Crippen LogP contribution in [-0.2, 0) is 35.2 Å². The summed E-state index contributed by atoms with van der Waals surface area (Å²) in [6.45, 7) is 21.8. The van der Waals surface area contributed by atoms with Crippen molar-refractivity contribution in [3.63, 3.8) is 0 Å². The molecule has 1 rings (SSSR count). The molecule has 0 aliphatic rings. The van der Waals surface area contributed by atoms with Crippen LogP contribution in [0.25, 0.3) is 0 Å². The van der Waals surface area contributed by atoms with E-state index in [4.69, 9.17) is 5.73 Å². The Morgan fingerprint density at radius 1 is 0.451 bits per heavy atom. The summed E-state index contributed by atoms with van der Waals surface area (Å²) < 4.78 is 0. The van der Waals surface area contributed by atoms with Crippen molar-refractivity contribution in [3.8, 4) is 0 Å². The lowest BCUT2D eigenvalue weighted by atomic mass is 9.96. The highest BCUT2D eigenvalue weighted by Gasteiger charge is 2.36. The SMILES string of the molecule is CC(C)[C@H](N)C(=O)N[C@H](C(=O)N[C@H](C(=O)N[C@H](C(=O)N[C@H](C(=O)N[C@H](C(=O)NCCc1ccccc1)C(C)C)C(C)C)C(C)C)C(C)C)C(C)C. The molecular weight excluding hydrogens is 650 g/mol. The molecule has 0 unspecified atom stereocenters. The van der Waals surface area contributed by atoms with Crippen molar-refractivity contribution in [3.05, 3.63) is 35.9 Å². The molecule has 13 heteroatoms. The van der Waals surface area contributed by atoms with Gasteiger partial charge in [-0.1, -0.05) is 113 Å². The molecule has 0 saturated carbocycles. The molecule has 0 bridgehead atoms.